The van der Waals surface area contributed by atoms with Crippen LogP contribution in [0.4, 0.5) is 0 Å². The standard InChI is InChI=1S/C23H30N2O5/c1-16-8-9-20-18(14-16)22(17-6-4-5-7-19(17)24-20)23(27)30-15-21(26)25(10-12-28-2)11-13-29-3/h4-7,16H,8-15H2,1-3H3/t16-/m1/s1. The van der Waals surface area contributed by atoms with E-state index < -0.39 is 5.97 Å². The van der Waals surface area contributed by atoms with Crippen molar-refractivity contribution in [2.24, 2.45) is 5.92 Å². The second-order valence-corrected chi connectivity index (χ2v) is 7.72. The highest BCUT2D eigenvalue weighted by Gasteiger charge is 2.27. The van der Waals surface area contributed by atoms with E-state index >= 15 is 0 Å². The molecule has 1 heterocycles. The molecule has 0 unspecified atom stereocenters. The summed E-state index contributed by atoms with van der Waals surface area (Å²) >= 11 is 0. The normalized spacial score (nSPS) is 15.6. The molecule has 0 radical (unpaired) electrons. The van der Waals surface area contributed by atoms with Crippen molar-refractivity contribution >= 4 is 22.8 Å². The summed E-state index contributed by atoms with van der Waals surface area (Å²) in [7, 11) is 3.16. The van der Waals surface area contributed by atoms with Gasteiger partial charge in [-0.2, -0.15) is 0 Å². The highest BCUT2D eigenvalue weighted by molar-refractivity contribution is 6.05. The number of ether oxygens (including phenoxy) is 3. The van der Waals surface area contributed by atoms with Gasteiger partial charge < -0.3 is 19.1 Å². The quantitative estimate of drug-likeness (QED) is 0.587. The van der Waals surface area contributed by atoms with Crippen molar-refractivity contribution < 1.29 is 23.8 Å². The number of para-hydroxylation sites is 1. The molecule has 3 rings (SSSR count). The number of benzene rings is 1. The molecule has 2 aromatic rings. The Hall–Kier alpha value is -2.51. The molecule has 7 heteroatoms. The lowest BCUT2D eigenvalue weighted by molar-refractivity contribution is -0.135. The number of carbonyl (C=O) groups is 2. The maximum absolute atomic E-state index is 13.1. The fourth-order valence-electron chi connectivity index (χ4n) is 3.85. The van der Waals surface area contributed by atoms with Crippen molar-refractivity contribution in [3.05, 3.63) is 41.1 Å². The number of aromatic nitrogens is 1. The number of fused-ring (bicyclic) bond motifs is 2. The van der Waals surface area contributed by atoms with E-state index in [4.69, 9.17) is 19.2 Å². The molecule has 1 aliphatic carbocycles. The molecule has 0 saturated heterocycles. The number of hydrogen-bond acceptors (Lipinski definition) is 6. The summed E-state index contributed by atoms with van der Waals surface area (Å²) in [6.07, 6.45) is 2.70. The van der Waals surface area contributed by atoms with E-state index in [1.807, 2.05) is 24.3 Å². The van der Waals surface area contributed by atoms with Gasteiger partial charge in [-0.25, -0.2) is 4.79 Å². The molecule has 0 N–H and O–H groups in total. The summed E-state index contributed by atoms with van der Waals surface area (Å²) in [4.78, 5) is 32.1. The Morgan fingerprint density at radius 2 is 1.83 bits per heavy atom. The fourth-order valence-corrected chi connectivity index (χ4v) is 3.85. The second-order valence-electron chi connectivity index (χ2n) is 7.72. The second kappa shape index (κ2) is 10.5. The van der Waals surface area contributed by atoms with Gasteiger partial charge in [0.25, 0.3) is 5.91 Å². The molecular formula is C23H30N2O5. The third kappa shape index (κ3) is 5.15. The smallest absolute Gasteiger partial charge is 0.339 e. The van der Waals surface area contributed by atoms with Gasteiger partial charge >= 0.3 is 5.97 Å². The van der Waals surface area contributed by atoms with Crippen LogP contribution in [0.25, 0.3) is 10.9 Å². The lowest BCUT2D eigenvalue weighted by atomic mass is 9.84. The lowest BCUT2D eigenvalue weighted by Gasteiger charge is -2.24. The van der Waals surface area contributed by atoms with Crippen LogP contribution in [0.3, 0.4) is 0 Å². The van der Waals surface area contributed by atoms with Gasteiger partial charge in [0, 0.05) is 38.4 Å². The SMILES string of the molecule is COCCN(CCOC)C(=O)COC(=O)c1c2c(nc3ccccc13)CC[C@@H](C)C2. The number of carbonyl (C=O) groups excluding carboxylic acids is 2. The zero-order valence-corrected chi connectivity index (χ0v) is 18.0. The first-order chi connectivity index (χ1) is 14.5. The van der Waals surface area contributed by atoms with E-state index in [2.05, 4.69) is 6.92 Å². The molecule has 0 saturated carbocycles. The Kier molecular flexibility index (Phi) is 7.76. The van der Waals surface area contributed by atoms with Crippen LogP contribution in [0, 0.1) is 5.92 Å². The van der Waals surface area contributed by atoms with E-state index in [0.29, 0.717) is 37.8 Å². The van der Waals surface area contributed by atoms with Crippen LogP contribution >= 0.6 is 0 Å². The summed E-state index contributed by atoms with van der Waals surface area (Å²) in [5, 5.41) is 0.776. The zero-order valence-electron chi connectivity index (χ0n) is 18.0. The minimum absolute atomic E-state index is 0.266. The number of methoxy groups -OCH3 is 2. The fraction of sp³-hybridized carbons (Fsp3) is 0.522. The summed E-state index contributed by atoms with van der Waals surface area (Å²) < 4.78 is 15.6. The summed E-state index contributed by atoms with van der Waals surface area (Å²) in [5.41, 5.74) is 3.26. The lowest BCUT2D eigenvalue weighted by Crippen LogP contribution is -2.39. The minimum atomic E-state index is -0.467. The van der Waals surface area contributed by atoms with Crippen molar-refractivity contribution in [2.75, 3.05) is 47.1 Å². The molecule has 1 amide bonds. The molecule has 7 nitrogen and oxygen atoms in total. The predicted molar refractivity (Wildman–Crippen MR) is 114 cm³/mol. The third-order valence-corrected chi connectivity index (χ3v) is 5.52. The van der Waals surface area contributed by atoms with Crippen molar-refractivity contribution in [3.63, 3.8) is 0 Å². The van der Waals surface area contributed by atoms with Crippen LogP contribution in [-0.4, -0.2) is 68.9 Å². The van der Waals surface area contributed by atoms with Crippen molar-refractivity contribution in [2.45, 2.75) is 26.2 Å². The number of amides is 1. The molecule has 1 aromatic carbocycles. The molecule has 1 aliphatic rings. The van der Waals surface area contributed by atoms with Gasteiger partial charge in [-0.3, -0.25) is 9.78 Å². The van der Waals surface area contributed by atoms with Crippen LogP contribution in [0.15, 0.2) is 24.3 Å². The van der Waals surface area contributed by atoms with Crippen molar-refractivity contribution in [3.8, 4) is 0 Å². The molecule has 1 atom stereocenters. The molecule has 162 valence electrons. The predicted octanol–water partition coefficient (Wildman–Crippen LogP) is 2.64. The average molecular weight is 415 g/mol. The van der Waals surface area contributed by atoms with Crippen LogP contribution in [-0.2, 0) is 31.8 Å². The first kappa shape index (κ1) is 22.2. The number of nitrogens with zero attached hydrogens (tertiary/aromatic N) is 2. The van der Waals surface area contributed by atoms with Gasteiger partial charge in [0.15, 0.2) is 6.61 Å². The minimum Gasteiger partial charge on any atom is -0.452 e. The van der Waals surface area contributed by atoms with Gasteiger partial charge in [-0.15, -0.1) is 0 Å². The highest BCUT2D eigenvalue weighted by atomic mass is 16.5. The van der Waals surface area contributed by atoms with Gasteiger partial charge in [-0.1, -0.05) is 25.1 Å². The zero-order chi connectivity index (χ0) is 21.5. The molecule has 0 fully saturated rings. The Morgan fingerprint density at radius 1 is 1.13 bits per heavy atom. The first-order valence-electron chi connectivity index (χ1n) is 10.4. The summed E-state index contributed by atoms with van der Waals surface area (Å²) in [5.74, 6) is -0.254. The topological polar surface area (TPSA) is 78.0 Å². The Morgan fingerprint density at radius 3 is 2.53 bits per heavy atom. The van der Waals surface area contributed by atoms with E-state index in [1.54, 1.807) is 19.1 Å². The number of aryl methyl sites for hydroxylation is 1. The van der Waals surface area contributed by atoms with E-state index in [0.717, 1.165) is 41.4 Å². The van der Waals surface area contributed by atoms with E-state index in [1.165, 1.54) is 0 Å². The Labute approximate surface area is 177 Å². The number of hydrogen-bond donors (Lipinski definition) is 0. The Bertz CT molecular complexity index is 891. The largest absolute Gasteiger partial charge is 0.452 e. The summed E-state index contributed by atoms with van der Waals surface area (Å²) in [6, 6.07) is 7.60. The first-order valence-corrected chi connectivity index (χ1v) is 10.4. The molecule has 0 aliphatic heterocycles. The maximum Gasteiger partial charge on any atom is 0.339 e. The van der Waals surface area contributed by atoms with E-state index in [-0.39, 0.29) is 12.5 Å². The maximum atomic E-state index is 13.1. The van der Waals surface area contributed by atoms with Gasteiger partial charge in [0.2, 0.25) is 0 Å². The van der Waals surface area contributed by atoms with Crippen LogP contribution < -0.4 is 0 Å². The summed E-state index contributed by atoms with van der Waals surface area (Å²) in [6.45, 7) is 3.52. The molecule has 1 aromatic heterocycles. The molecule has 0 spiro atoms. The van der Waals surface area contributed by atoms with Gasteiger partial charge in [0.1, 0.15) is 0 Å². The van der Waals surface area contributed by atoms with Gasteiger partial charge in [0.05, 0.1) is 24.3 Å². The molecular weight excluding hydrogens is 384 g/mol. The van der Waals surface area contributed by atoms with Crippen molar-refractivity contribution in [1.29, 1.82) is 0 Å². The molecule has 30 heavy (non-hydrogen) atoms. The Balaban J connectivity index is 1.81. The highest BCUT2D eigenvalue weighted by Crippen LogP contribution is 2.32. The number of rotatable bonds is 9. The number of pyridine rings is 1. The van der Waals surface area contributed by atoms with E-state index in [9.17, 15) is 9.59 Å². The average Bonchev–Trinajstić information content (AvgIpc) is 2.75. The third-order valence-electron chi connectivity index (χ3n) is 5.52. The van der Waals surface area contributed by atoms with Crippen LogP contribution in [0.1, 0.15) is 35.0 Å². The molecule has 0 bridgehead atoms. The van der Waals surface area contributed by atoms with Gasteiger partial charge in [-0.05, 0) is 36.8 Å². The number of esters is 1. The van der Waals surface area contributed by atoms with Crippen LogP contribution in [0.5, 0.6) is 0 Å². The van der Waals surface area contributed by atoms with Crippen molar-refractivity contribution in [1.82, 2.24) is 9.88 Å². The monoisotopic (exact) mass is 414 g/mol. The van der Waals surface area contributed by atoms with Crippen LogP contribution in [0.2, 0.25) is 0 Å².